The quantitative estimate of drug-likeness (QED) is 0.934. The minimum Gasteiger partial charge on any atom is -0.482 e. The third-order valence-corrected chi connectivity index (χ3v) is 4.53. The molecule has 118 valence electrons. The van der Waals surface area contributed by atoms with Crippen molar-refractivity contribution in [1.29, 1.82) is 0 Å². The summed E-state index contributed by atoms with van der Waals surface area (Å²) < 4.78 is 5.38. The van der Waals surface area contributed by atoms with Crippen LogP contribution in [0.3, 0.4) is 0 Å². The number of likely N-dealkylation sites (N-methyl/N-ethyl adjacent to an activating group) is 1. The van der Waals surface area contributed by atoms with Crippen LogP contribution in [-0.2, 0) is 9.59 Å². The van der Waals surface area contributed by atoms with Gasteiger partial charge in [-0.15, -0.1) is 0 Å². The molecule has 3 rings (SSSR count). The maximum Gasteiger partial charge on any atom is 0.264 e. The van der Waals surface area contributed by atoms with Gasteiger partial charge in [0.15, 0.2) is 6.61 Å². The number of carbonyl (C=O) groups excluding carboxylic acids is 2. The zero-order chi connectivity index (χ0) is 15.5. The van der Waals surface area contributed by atoms with Crippen LogP contribution in [0.1, 0.15) is 38.5 Å². The summed E-state index contributed by atoms with van der Waals surface area (Å²) in [5.41, 5.74) is 1.41. The van der Waals surface area contributed by atoms with E-state index in [-0.39, 0.29) is 18.4 Å². The van der Waals surface area contributed by atoms with E-state index in [2.05, 4.69) is 5.32 Å². The summed E-state index contributed by atoms with van der Waals surface area (Å²) in [6.45, 7) is 0.0664. The topological polar surface area (TPSA) is 58.6 Å². The highest BCUT2D eigenvalue weighted by Gasteiger charge is 2.23. The summed E-state index contributed by atoms with van der Waals surface area (Å²) in [5.74, 6) is 1.15. The lowest BCUT2D eigenvalue weighted by Crippen LogP contribution is -2.35. The molecule has 1 aromatic carbocycles. The summed E-state index contributed by atoms with van der Waals surface area (Å²) in [4.78, 5) is 25.4. The molecule has 1 aliphatic carbocycles. The smallest absolute Gasteiger partial charge is 0.264 e. The minimum atomic E-state index is -0.0850. The maximum absolute atomic E-state index is 12.2. The fourth-order valence-electron chi connectivity index (χ4n) is 3.22. The van der Waals surface area contributed by atoms with Crippen LogP contribution in [0.15, 0.2) is 18.2 Å². The molecular weight excluding hydrogens is 280 g/mol. The number of fused-ring (bicyclic) bond motifs is 1. The van der Waals surface area contributed by atoms with Crippen molar-refractivity contribution >= 4 is 23.2 Å². The van der Waals surface area contributed by atoms with E-state index >= 15 is 0 Å². The van der Waals surface area contributed by atoms with Crippen molar-refractivity contribution in [3.8, 4) is 5.75 Å². The lowest BCUT2D eigenvalue weighted by atomic mass is 9.87. The molecule has 0 saturated heterocycles. The Bertz CT molecular complexity index is 579. The van der Waals surface area contributed by atoms with E-state index in [9.17, 15) is 9.59 Å². The van der Waals surface area contributed by atoms with Crippen LogP contribution in [0.5, 0.6) is 5.75 Å². The van der Waals surface area contributed by atoms with Crippen molar-refractivity contribution in [1.82, 2.24) is 0 Å². The van der Waals surface area contributed by atoms with Gasteiger partial charge in [-0.1, -0.05) is 19.3 Å². The second kappa shape index (κ2) is 6.38. The van der Waals surface area contributed by atoms with Crippen LogP contribution >= 0.6 is 0 Å². The molecule has 2 aliphatic rings. The Morgan fingerprint density at radius 3 is 2.86 bits per heavy atom. The largest absolute Gasteiger partial charge is 0.482 e. The molecule has 1 fully saturated rings. The van der Waals surface area contributed by atoms with Crippen LogP contribution in [0, 0.1) is 5.92 Å². The minimum absolute atomic E-state index is 0.0533. The van der Waals surface area contributed by atoms with Crippen LogP contribution in [0.25, 0.3) is 0 Å². The number of rotatable bonds is 3. The lowest BCUT2D eigenvalue weighted by molar-refractivity contribution is -0.121. The Hall–Kier alpha value is -2.04. The Kier molecular flexibility index (Phi) is 4.32. The molecular formula is C17H22N2O3. The summed E-state index contributed by atoms with van der Waals surface area (Å²) in [7, 11) is 1.72. The number of ether oxygens (including phenoxy) is 1. The fraction of sp³-hybridized carbons (Fsp3) is 0.529. The molecule has 0 aromatic heterocycles. The first-order chi connectivity index (χ1) is 10.6. The number of nitrogens with one attached hydrogen (secondary N) is 1. The standard InChI is InChI=1S/C17H22N2O3/c1-19-14-10-13(7-8-15(14)22-11-17(19)21)18-16(20)9-12-5-3-2-4-6-12/h7-8,10,12H,2-6,9,11H2,1H3,(H,18,20). The maximum atomic E-state index is 12.2. The van der Waals surface area contributed by atoms with E-state index in [4.69, 9.17) is 4.74 Å². The van der Waals surface area contributed by atoms with Crippen molar-refractivity contribution in [3.05, 3.63) is 18.2 Å². The highest BCUT2D eigenvalue weighted by atomic mass is 16.5. The summed E-state index contributed by atoms with van der Waals surface area (Å²) in [6, 6.07) is 5.42. The van der Waals surface area contributed by atoms with Crippen LogP contribution in [-0.4, -0.2) is 25.5 Å². The molecule has 0 radical (unpaired) electrons. The molecule has 1 heterocycles. The van der Waals surface area contributed by atoms with E-state index in [0.717, 1.165) is 12.8 Å². The number of nitrogens with zero attached hydrogens (tertiary/aromatic N) is 1. The molecule has 5 nitrogen and oxygen atoms in total. The number of anilines is 2. The average molecular weight is 302 g/mol. The predicted molar refractivity (Wildman–Crippen MR) is 85.2 cm³/mol. The first-order valence-electron chi connectivity index (χ1n) is 7.97. The third-order valence-electron chi connectivity index (χ3n) is 4.53. The lowest BCUT2D eigenvalue weighted by Gasteiger charge is -2.26. The summed E-state index contributed by atoms with van der Waals surface area (Å²) >= 11 is 0. The Morgan fingerprint density at radius 2 is 2.09 bits per heavy atom. The number of hydrogen-bond acceptors (Lipinski definition) is 3. The highest BCUT2D eigenvalue weighted by Crippen LogP contribution is 2.34. The fourth-order valence-corrected chi connectivity index (χ4v) is 3.22. The molecule has 0 spiro atoms. The van der Waals surface area contributed by atoms with E-state index in [1.54, 1.807) is 24.1 Å². The number of benzene rings is 1. The van der Waals surface area contributed by atoms with Gasteiger partial charge in [0.1, 0.15) is 5.75 Å². The molecule has 1 aliphatic heterocycles. The van der Waals surface area contributed by atoms with E-state index in [1.165, 1.54) is 19.3 Å². The molecule has 0 unspecified atom stereocenters. The first kappa shape index (κ1) is 14.9. The molecule has 1 aromatic rings. The van der Waals surface area contributed by atoms with E-state index in [0.29, 0.717) is 29.5 Å². The highest BCUT2D eigenvalue weighted by molar-refractivity contribution is 5.99. The van der Waals surface area contributed by atoms with Crippen LogP contribution < -0.4 is 15.0 Å². The molecule has 22 heavy (non-hydrogen) atoms. The third kappa shape index (κ3) is 3.24. The van der Waals surface area contributed by atoms with Gasteiger partial charge in [0.25, 0.3) is 5.91 Å². The van der Waals surface area contributed by atoms with Gasteiger partial charge in [-0.2, -0.15) is 0 Å². The number of carbonyl (C=O) groups is 2. The predicted octanol–water partition coefficient (Wildman–Crippen LogP) is 2.95. The second-order valence-corrected chi connectivity index (χ2v) is 6.18. The number of amides is 2. The van der Waals surface area contributed by atoms with Crippen molar-refractivity contribution < 1.29 is 14.3 Å². The van der Waals surface area contributed by atoms with Gasteiger partial charge in [-0.25, -0.2) is 0 Å². The molecule has 1 saturated carbocycles. The molecule has 5 heteroatoms. The van der Waals surface area contributed by atoms with Gasteiger partial charge in [0, 0.05) is 19.2 Å². The normalized spacial score (nSPS) is 18.6. The van der Waals surface area contributed by atoms with Gasteiger partial charge >= 0.3 is 0 Å². The summed E-state index contributed by atoms with van der Waals surface area (Å²) in [5, 5.41) is 2.94. The van der Waals surface area contributed by atoms with Crippen LogP contribution in [0.4, 0.5) is 11.4 Å². The van der Waals surface area contributed by atoms with Crippen molar-refractivity contribution in [3.63, 3.8) is 0 Å². The monoisotopic (exact) mass is 302 g/mol. The Morgan fingerprint density at radius 1 is 1.32 bits per heavy atom. The zero-order valence-corrected chi connectivity index (χ0v) is 12.9. The Labute approximate surface area is 130 Å². The molecule has 0 bridgehead atoms. The molecule has 1 N–H and O–H groups in total. The molecule has 0 atom stereocenters. The van der Waals surface area contributed by atoms with Gasteiger partial charge in [0.05, 0.1) is 5.69 Å². The van der Waals surface area contributed by atoms with E-state index in [1.807, 2.05) is 6.07 Å². The van der Waals surface area contributed by atoms with Gasteiger partial charge in [-0.05, 0) is 37.0 Å². The molecule has 2 amide bonds. The Balaban J connectivity index is 1.65. The average Bonchev–Trinajstić information content (AvgIpc) is 2.52. The van der Waals surface area contributed by atoms with Gasteiger partial charge in [0.2, 0.25) is 5.91 Å². The van der Waals surface area contributed by atoms with Crippen molar-refractivity contribution in [2.45, 2.75) is 38.5 Å². The number of hydrogen-bond donors (Lipinski definition) is 1. The van der Waals surface area contributed by atoms with Crippen molar-refractivity contribution in [2.75, 3.05) is 23.9 Å². The van der Waals surface area contributed by atoms with Crippen molar-refractivity contribution in [2.24, 2.45) is 5.92 Å². The van der Waals surface area contributed by atoms with Gasteiger partial charge in [-0.3, -0.25) is 9.59 Å². The van der Waals surface area contributed by atoms with Crippen LogP contribution in [0.2, 0.25) is 0 Å². The second-order valence-electron chi connectivity index (χ2n) is 6.18. The summed E-state index contributed by atoms with van der Waals surface area (Å²) in [6.07, 6.45) is 6.67. The van der Waals surface area contributed by atoms with Gasteiger partial charge < -0.3 is 15.0 Å². The zero-order valence-electron chi connectivity index (χ0n) is 12.9. The van der Waals surface area contributed by atoms with E-state index < -0.39 is 0 Å². The SMILES string of the molecule is CN1C(=O)COc2ccc(NC(=O)CC3CCCCC3)cc21. The first-order valence-corrected chi connectivity index (χ1v) is 7.97.